The van der Waals surface area contributed by atoms with E-state index in [-0.39, 0.29) is 5.54 Å². The molecule has 1 aromatic rings. The van der Waals surface area contributed by atoms with Gasteiger partial charge < -0.3 is 10.2 Å². The molecule has 0 bridgehead atoms. The Hall–Kier alpha value is -0.860. The van der Waals surface area contributed by atoms with Gasteiger partial charge >= 0.3 is 0 Å². The summed E-state index contributed by atoms with van der Waals surface area (Å²) < 4.78 is 0. The van der Waals surface area contributed by atoms with E-state index in [4.69, 9.17) is 0 Å². The Labute approximate surface area is 112 Å². The second kappa shape index (κ2) is 5.85. The van der Waals surface area contributed by atoms with Crippen molar-refractivity contribution in [3.63, 3.8) is 0 Å². The van der Waals surface area contributed by atoms with Crippen LogP contribution in [0.15, 0.2) is 18.2 Å². The molecule has 0 aliphatic rings. The predicted molar refractivity (Wildman–Crippen MR) is 80.1 cm³/mol. The lowest BCUT2D eigenvalue weighted by Gasteiger charge is -2.34. The third-order valence-electron chi connectivity index (χ3n) is 3.95. The standard InChI is InChI=1S/C16H28N2/c1-12-8-9-13(2)15(10-12)14(3)17-11-16(4,5)18(6)7/h8-10,14,17H,11H2,1-7H3. The van der Waals surface area contributed by atoms with E-state index in [0.29, 0.717) is 6.04 Å². The Morgan fingerprint density at radius 3 is 2.39 bits per heavy atom. The van der Waals surface area contributed by atoms with Gasteiger partial charge in [0.05, 0.1) is 0 Å². The summed E-state index contributed by atoms with van der Waals surface area (Å²) >= 11 is 0. The molecule has 0 saturated carbocycles. The van der Waals surface area contributed by atoms with E-state index < -0.39 is 0 Å². The number of rotatable bonds is 5. The molecule has 18 heavy (non-hydrogen) atoms. The van der Waals surface area contributed by atoms with Crippen molar-refractivity contribution in [2.24, 2.45) is 0 Å². The zero-order valence-electron chi connectivity index (χ0n) is 13.0. The number of benzene rings is 1. The highest BCUT2D eigenvalue weighted by atomic mass is 15.2. The van der Waals surface area contributed by atoms with Crippen molar-refractivity contribution in [3.05, 3.63) is 34.9 Å². The number of nitrogens with zero attached hydrogens (tertiary/aromatic N) is 1. The maximum atomic E-state index is 3.65. The van der Waals surface area contributed by atoms with Gasteiger partial charge in [-0.2, -0.15) is 0 Å². The first kappa shape index (κ1) is 15.2. The maximum Gasteiger partial charge on any atom is 0.0295 e. The predicted octanol–water partition coefficient (Wildman–Crippen LogP) is 3.29. The third-order valence-corrected chi connectivity index (χ3v) is 3.95. The molecular weight excluding hydrogens is 220 g/mol. The molecule has 1 atom stereocenters. The molecule has 0 heterocycles. The minimum atomic E-state index is 0.173. The lowest BCUT2D eigenvalue weighted by atomic mass is 9.98. The average molecular weight is 248 g/mol. The van der Waals surface area contributed by atoms with E-state index in [2.05, 4.69) is 77.1 Å². The van der Waals surface area contributed by atoms with Gasteiger partial charge in [0.1, 0.15) is 0 Å². The van der Waals surface area contributed by atoms with Gasteiger partial charge in [-0.05, 0) is 59.8 Å². The molecule has 0 spiro atoms. The van der Waals surface area contributed by atoms with Crippen LogP contribution in [-0.4, -0.2) is 31.1 Å². The van der Waals surface area contributed by atoms with Gasteiger partial charge in [0.25, 0.3) is 0 Å². The van der Waals surface area contributed by atoms with Crippen molar-refractivity contribution in [1.82, 2.24) is 10.2 Å². The van der Waals surface area contributed by atoms with Gasteiger partial charge in [-0.1, -0.05) is 23.8 Å². The van der Waals surface area contributed by atoms with Crippen LogP contribution < -0.4 is 5.32 Å². The fraction of sp³-hybridized carbons (Fsp3) is 0.625. The molecule has 1 aromatic carbocycles. The fourth-order valence-electron chi connectivity index (χ4n) is 1.90. The van der Waals surface area contributed by atoms with E-state index in [1.807, 2.05) is 0 Å². The first-order chi connectivity index (χ1) is 8.24. The zero-order chi connectivity index (χ0) is 13.9. The Kier molecular flexibility index (Phi) is 4.94. The molecule has 0 aliphatic carbocycles. The smallest absolute Gasteiger partial charge is 0.0295 e. The second-order valence-corrected chi connectivity index (χ2v) is 6.17. The summed E-state index contributed by atoms with van der Waals surface area (Å²) in [4.78, 5) is 2.26. The number of hydrogen-bond donors (Lipinski definition) is 1. The molecule has 0 fully saturated rings. The summed E-state index contributed by atoms with van der Waals surface area (Å²) in [5.41, 5.74) is 4.27. The lowest BCUT2D eigenvalue weighted by molar-refractivity contribution is 0.185. The zero-order valence-corrected chi connectivity index (χ0v) is 13.0. The molecule has 102 valence electrons. The van der Waals surface area contributed by atoms with Crippen molar-refractivity contribution in [2.75, 3.05) is 20.6 Å². The van der Waals surface area contributed by atoms with Crippen LogP contribution in [0, 0.1) is 13.8 Å². The van der Waals surface area contributed by atoms with Gasteiger partial charge in [0.2, 0.25) is 0 Å². The third kappa shape index (κ3) is 3.82. The summed E-state index contributed by atoms with van der Waals surface area (Å²) in [6.45, 7) is 12.1. The van der Waals surface area contributed by atoms with Crippen LogP contribution in [-0.2, 0) is 0 Å². The minimum Gasteiger partial charge on any atom is -0.308 e. The number of likely N-dealkylation sites (N-methyl/N-ethyl adjacent to an activating group) is 1. The van der Waals surface area contributed by atoms with Gasteiger partial charge in [-0.25, -0.2) is 0 Å². The van der Waals surface area contributed by atoms with Crippen LogP contribution in [0.2, 0.25) is 0 Å². The van der Waals surface area contributed by atoms with E-state index >= 15 is 0 Å². The molecule has 0 aromatic heterocycles. The van der Waals surface area contributed by atoms with Crippen LogP contribution in [0.3, 0.4) is 0 Å². The first-order valence-electron chi connectivity index (χ1n) is 6.72. The van der Waals surface area contributed by atoms with Crippen molar-refractivity contribution < 1.29 is 0 Å². The molecule has 2 heteroatoms. The van der Waals surface area contributed by atoms with E-state index in [0.717, 1.165) is 6.54 Å². The van der Waals surface area contributed by atoms with Crippen molar-refractivity contribution in [2.45, 2.75) is 46.2 Å². The number of nitrogens with one attached hydrogen (secondary N) is 1. The summed E-state index contributed by atoms with van der Waals surface area (Å²) in [6, 6.07) is 7.06. The number of hydrogen-bond acceptors (Lipinski definition) is 2. The Balaban J connectivity index is 2.71. The molecule has 2 nitrogen and oxygen atoms in total. The van der Waals surface area contributed by atoms with Gasteiger partial charge in [0.15, 0.2) is 0 Å². The summed E-state index contributed by atoms with van der Waals surface area (Å²) in [5.74, 6) is 0. The van der Waals surface area contributed by atoms with Gasteiger partial charge in [0, 0.05) is 18.1 Å². The van der Waals surface area contributed by atoms with Gasteiger partial charge in [-0.3, -0.25) is 0 Å². The summed E-state index contributed by atoms with van der Waals surface area (Å²) in [6.07, 6.45) is 0. The van der Waals surface area contributed by atoms with Crippen molar-refractivity contribution in [3.8, 4) is 0 Å². The molecular formula is C16H28N2. The summed E-state index contributed by atoms with van der Waals surface area (Å²) in [7, 11) is 4.26. The van der Waals surface area contributed by atoms with Crippen molar-refractivity contribution >= 4 is 0 Å². The Morgan fingerprint density at radius 1 is 1.22 bits per heavy atom. The largest absolute Gasteiger partial charge is 0.308 e. The van der Waals surface area contributed by atoms with Crippen LogP contribution in [0.25, 0.3) is 0 Å². The van der Waals surface area contributed by atoms with E-state index in [1.165, 1.54) is 16.7 Å². The van der Waals surface area contributed by atoms with E-state index in [9.17, 15) is 0 Å². The molecule has 0 radical (unpaired) electrons. The molecule has 0 aliphatic heterocycles. The van der Waals surface area contributed by atoms with Crippen LogP contribution in [0.5, 0.6) is 0 Å². The highest BCUT2D eigenvalue weighted by molar-refractivity contribution is 5.32. The number of aryl methyl sites for hydroxylation is 2. The van der Waals surface area contributed by atoms with Crippen LogP contribution in [0.1, 0.15) is 43.5 Å². The minimum absolute atomic E-state index is 0.173. The lowest BCUT2D eigenvalue weighted by Crippen LogP contribution is -2.47. The molecule has 1 unspecified atom stereocenters. The highest BCUT2D eigenvalue weighted by Gasteiger charge is 2.21. The molecule has 1 N–H and O–H groups in total. The molecule has 0 amide bonds. The monoisotopic (exact) mass is 248 g/mol. The highest BCUT2D eigenvalue weighted by Crippen LogP contribution is 2.20. The first-order valence-corrected chi connectivity index (χ1v) is 6.72. The normalized spacial score (nSPS) is 14.0. The van der Waals surface area contributed by atoms with E-state index in [1.54, 1.807) is 0 Å². The Morgan fingerprint density at radius 2 is 1.83 bits per heavy atom. The molecule has 1 rings (SSSR count). The summed E-state index contributed by atoms with van der Waals surface area (Å²) in [5, 5.41) is 3.65. The maximum absolute atomic E-state index is 3.65. The Bertz CT molecular complexity index is 394. The van der Waals surface area contributed by atoms with Crippen LogP contribution in [0.4, 0.5) is 0 Å². The average Bonchev–Trinajstić information content (AvgIpc) is 2.29. The second-order valence-electron chi connectivity index (χ2n) is 6.17. The topological polar surface area (TPSA) is 15.3 Å². The fourth-order valence-corrected chi connectivity index (χ4v) is 1.90. The van der Waals surface area contributed by atoms with Gasteiger partial charge in [-0.15, -0.1) is 0 Å². The van der Waals surface area contributed by atoms with Crippen molar-refractivity contribution in [1.29, 1.82) is 0 Å². The van der Waals surface area contributed by atoms with Crippen LogP contribution >= 0.6 is 0 Å². The quantitative estimate of drug-likeness (QED) is 0.860. The molecule has 0 saturated heterocycles. The SMILES string of the molecule is Cc1ccc(C)c(C(C)NCC(C)(C)N(C)C)c1.